The van der Waals surface area contributed by atoms with Gasteiger partial charge in [-0.1, -0.05) is 17.7 Å². The molecular formula is C20H23ClN2O4. The molecule has 0 aliphatic carbocycles. The van der Waals surface area contributed by atoms with Crippen LogP contribution in [0.4, 0.5) is 0 Å². The maximum absolute atomic E-state index is 10.9. The van der Waals surface area contributed by atoms with Gasteiger partial charge in [0.25, 0.3) is 0 Å². The fourth-order valence-corrected chi connectivity index (χ4v) is 2.39. The zero-order valence-electron chi connectivity index (χ0n) is 15.6. The van der Waals surface area contributed by atoms with E-state index >= 15 is 0 Å². The summed E-state index contributed by atoms with van der Waals surface area (Å²) in [6.07, 6.45) is 2.20. The lowest BCUT2D eigenvalue weighted by Gasteiger charge is -2.13. The number of aryl methyl sites for hydroxylation is 1. The summed E-state index contributed by atoms with van der Waals surface area (Å²) < 4.78 is 16.9. The third-order valence-corrected chi connectivity index (χ3v) is 4.01. The summed E-state index contributed by atoms with van der Waals surface area (Å²) in [6.45, 7) is 4.27. The molecule has 0 bridgehead atoms. The van der Waals surface area contributed by atoms with E-state index in [1.807, 2.05) is 37.3 Å². The Balaban J connectivity index is 1.91. The predicted molar refractivity (Wildman–Crippen MR) is 106 cm³/mol. The van der Waals surface area contributed by atoms with Crippen molar-refractivity contribution < 1.29 is 19.0 Å². The fourth-order valence-electron chi connectivity index (χ4n) is 2.27. The van der Waals surface area contributed by atoms with Crippen molar-refractivity contribution in [3.63, 3.8) is 0 Å². The van der Waals surface area contributed by atoms with Gasteiger partial charge in [-0.25, -0.2) is 5.43 Å². The number of hydrazone groups is 1. The Bertz CT molecular complexity index is 809. The summed E-state index contributed by atoms with van der Waals surface area (Å²) in [6, 6.07) is 11.0. The molecule has 0 radical (unpaired) electrons. The van der Waals surface area contributed by atoms with Crippen molar-refractivity contribution in [2.75, 3.05) is 20.3 Å². The largest absolute Gasteiger partial charge is 0.493 e. The van der Waals surface area contributed by atoms with E-state index in [0.717, 1.165) is 16.3 Å². The monoisotopic (exact) mass is 390 g/mol. The van der Waals surface area contributed by atoms with Crippen LogP contribution in [-0.2, 0) is 4.79 Å². The molecule has 0 aliphatic rings. The standard InChI is InChI=1S/C20H23ClN2O4/c1-14-12-17(8-9-18(14)21)26-10-5-11-27-20-16(13-22-23-15(2)24)6-4-7-19(20)25-3/h4,6-9,12-13H,5,10-11H2,1-3H3,(H,23,24)/b22-13-. The molecule has 144 valence electrons. The molecule has 1 N–H and O–H groups in total. The van der Waals surface area contributed by atoms with Crippen molar-refractivity contribution in [2.45, 2.75) is 20.3 Å². The van der Waals surface area contributed by atoms with Gasteiger partial charge >= 0.3 is 0 Å². The van der Waals surface area contributed by atoms with Gasteiger partial charge in [0.2, 0.25) is 5.91 Å². The molecule has 0 atom stereocenters. The van der Waals surface area contributed by atoms with Crippen LogP contribution in [0.3, 0.4) is 0 Å². The minimum Gasteiger partial charge on any atom is -0.493 e. The molecule has 0 aliphatic heterocycles. The lowest BCUT2D eigenvalue weighted by Crippen LogP contribution is -2.12. The molecule has 0 fully saturated rings. The predicted octanol–water partition coefficient (Wildman–Crippen LogP) is 3.97. The number of rotatable bonds is 9. The number of carbonyl (C=O) groups excluding carboxylic acids is 1. The molecule has 0 saturated heterocycles. The van der Waals surface area contributed by atoms with Gasteiger partial charge in [-0.3, -0.25) is 4.79 Å². The number of hydrogen-bond donors (Lipinski definition) is 1. The van der Waals surface area contributed by atoms with Crippen molar-refractivity contribution in [1.29, 1.82) is 0 Å². The minimum atomic E-state index is -0.244. The molecule has 0 unspecified atom stereocenters. The van der Waals surface area contributed by atoms with Crippen LogP contribution in [0.1, 0.15) is 24.5 Å². The number of methoxy groups -OCH3 is 1. The van der Waals surface area contributed by atoms with Crippen molar-refractivity contribution in [1.82, 2.24) is 5.43 Å². The highest BCUT2D eigenvalue weighted by molar-refractivity contribution is 6.31. The Morgan fingerprint density at radius 3 is 2.70 bits per heavy atom. The van der Waals surface area contributed by atoms with Crippen molar-refractivity contribution in [3.8, 4) is 17.2 Å². The van der Waals surface area contributed by atoms with Gasteiger partial charge < -0.3 is 14.2 Å². The van der Waals surface area contributed by atoms with E-state index in [9.17, 15) is 4.79 Å². The number of nitrogens with zero attached hydrogens (tertiary/aromatic N) is 1. The van der Waals surface area contributed by atoms with E-state index in [2.05, 4.69) is 10.5 Å². The highest BCUT2D eigenvalue weighted by atomic mass is 35.5. The van der Waals surface area contributed by atoms with Gasteiger partial charge in [-0.05, 0) is 42.8 Å². The highest BCUT2D eigenvalue weighted by Crippen LogP contribution is 2.30. The molecule has 27 heavy (non-hydrogen) atoms. The van der Waals surface area contributed by atoms with Crippen LogP contribution in [0.5, 0.6) is 17.2 Å². The fraction of sp³-hybridized carbons (Fsp3) is 0.300. The van der Waals surface area contributed by atoms with Crippen LogP contribution in [0.2, 0.25) is 5.02 Å². The van der Waals surface area contributed by atoms with Crippen molar-refractivity contribution in [3.05, 3.63) is 52.5 Å². The molecule has 0 aromatic heterocycles. The smallest absolute Gasteiger partial charge is 0.236 e. The molecule has 0 heterocycles. The second kappa shape index (κ2) is 10.4. The van der Waals surface area contributed by atoms with E-state index < -0.39 is 0 Å². The van der Waals surface area contributed by atoms with Crippen LogP contribution in [0.15, 0.2) is 41.5 Å². The Kier molecular flexibility index (Phi) is 7.95. The Hall–Kier alpha value is -2.73. The first-order chi connectivity index (χ1) is 13.0. The summed E-state index contributed by atoms with van der Waals surface area (Å²) in [7, 11) is 1.57. The first-order valence-electron chi connectivity index (χ1n) is 8.49. The van der Waals surface area contributed by atoms with E-state index in [0.29, 0.717) is 36.7 Å². The minimum absolute atomic E-state index is 0.244. The highest BCUT2D eigenvalue weighted by Gasteiger charge is 2.09. The summed E-state index contributed by atoms with van der Waals surface area (Å²) >= 11 is 6.01. The molecule has 1 amide bonds. The van der Waals surface area contributed by atoms with Crippen LogP contribution in [0.25, 0.3) is 0 Å². The van der Waals surface area contributed by atoms with Gasteiger partial charge in [0.1, 0.15) is 5.75 Å². The number of hydrogen-bond acceptors (Lipinski definition) is 5. The SMILES string of the molecule is COc1cccc(/C=N\NC(C)=O)c1OCCCOc1ccc(Cl)c(C)c1. The quantitative estimate of drug-likeness (QED) is 0.399. The van der Waals surface area contributed by atoms with E-state index in [-0.39, 0.29) is 5.91 Å². The third-order valence-electron chi connectivity index (χ3n) is 3.59. The van der Waals surface area contributed by atoms with Crippen LogP contribution in [0, 0.1) is 6.92 Å². The van der Waals surface area contributed by atoms with E-state index in [1.54, 1.807) is 13.2 Å². The maximum atomic E-state index is 10.9. The molecule has 2 aromatic rings. The van der Waals surface area contributed by atoms with Gasteiger partial charge in [0, 0.05) is 23.9 Å². The Morgan fingerprint density at radius 2 is 2.00 bits per heavy atom. The van der Waals surface area contributed by atoms with Crippen LogP contribution < -0.4 is 19.6 Å². The number of carbonyl (C=O) groups is 1. The number of para-hydroxylation sites is 1. The normalized spacial score (nSPS) is 10.7. The Labute approximate surface area is 164 Å². The van der Waals surface area contributed by atoms with E-state index in [1.165, 1.54) is 13.1 Å². The topological polar surface area (TPSA) is 69.2 Å². The summed E-state index contributed by atoms with van der Waals surface area (Å²) in [4.78, 5) is 10.9. The second-order valence-electron chi connectivity index (χ2n) is 5.77. The van der Waals surface area contributed by atoms with E-state index in [4.69, 9.17) is 25.8 Å². The Morgan fingerprint density at radius 1 is 1.22 bits per heavy atom. The van der Waals surface area contributed by atoms with Crippen molar-refractivity contribution >= 4 is 23.7 Å². The average molecular weight is 391 g/mol. The summed E-state index contributed by atoms with van der Waals surface area (Å²) in [5.74, 6) is 1.69. The lowest BCUT2D eigenvalue weighted by atomic mass is 10.2. The molecule has 7 heteroatoms. The average Bonchev–Trinajstić information content (AvgIpc) is 2.64. The lowest BCUT2D eigenvalue weighted by molar-refractivity contribution is -0.118. The second-order valence-corrected chi connectivity index (χ2v) is 6.17. The molecule has 2 rings (SSSR count). The maximum Gasteiger partial charge on any atom is 0.236 e. The van der Waals surface area contributed by atoms with Crippen LogP contribution >= 0.6 is 11.6 Å². The number of benzene rings is 2. The van der Waals surface area contributed by atoms with Gasteiger partial charge in [0.15, 0.2) is 11.5 Å². The first-order valence-corrected chi connectivity index (χ1v) is 8.87. The van der Waals surface area contributed by atoms with Crippen molar-refractivity contribution in [2.24, 2.45) is 5.10 Å². The zero-order valence-corrected chi connectivity index (χ0v) is 16.4. The number of amides is 1. The molecule has 0 spiro atoms. The molecule has 2 aromatic carbocycles. The van der Waals surface area contributed by atoms with Gasteiger partial charge in [0.05, 0.1) is 26.5 Å². The van der Waals surface area contributed by atoms with Gasteiger partial charge in [-0.2, -0.15) is 5.10 Å². The molecular weight excluding hydrogens is 368 g/mol. The van der Waals surface area contributed by atoms with Crippen LogP contribution in [-0.4, -0.2) is 32.4 Å². The number of ether oxygens (including phenoxy) is 3. The first kappa shape index (κ1) is 20.6. The number of halogens is 1. The zero-order chi connectivity index (χ0) is 19.6. The summed E-state index contributed by atoms with van der Waals surface area (Å²) in [5, 5.41) is 4.60. The summed E-state index contributed by atoms with van der Waals surface area (Å²) in [5.41, 5.74) is 4.05. The third kappa shape index (κ3) is 6.49. The molecule has 0 saturated carbocycles. The molecule has 6 nitrogen and oxygen atoms in total. The number of nitrogens with one attached hydrogen (secondary N) is 1. The van der Waals surface area contributed by atoms with Gasteiger partial charge in [-0.15, -0.1) is 0 Å².